The van der Waals surface area contributed by atoms with E-state index in [4.69, 9.17) is 9.15 Å². The summed E-state index contributed by atoms with van der Waals surface area (Å²) in [5.41, 5.74) is 1.36. The largest absolute Gasteiger partial charge is 0.451 e. The highest BCUT2D eigenvalue weighted by atomic mass is 16.5. The van der Waals surface area contributed by atoms with Crippen LogP contribution >= 0.6 is 0 Å². The standard InChI is InChI=1S/C13H16N4O3/c1-9-12-14-5-10(6-19-2)17(12)4-3-16(9)13(18)11-7-20-8-15-11/h5,7-9H,3-4,6H2,1-2H3. The van der Waals surface area contributed by atoms with Gasteiger partial charge in [-0.25, -0.2) is 9.97 Å². The minimum Gasteiger partial charge on any atom is -0.451 e. The van der Waals surface area contributed by atoms with Crippen molar-refractivity contribution in [2.45, 2.75) is 26.1 Å². The van der Waals surface area contributed by atoms with Gasteiger partial charge in [0, 0.05) is 20.2 Å². The molecule has 0 spiro atoms. The van der Waals surface area contributed by atoms with Gasteiger partial charge in [-0.05, 0) is 6.92 Å². The molecule has 1 unspecified atom stereocenters. The van der Waals surface area contributed by atoms with Crippen molar-refractivity contribution < 1.29 is 13.9 Å². The van der Waals surface area contributed by atoms with Crippen molar-refractivity contribution in [1.29, 1.82) is 0 Å². The number of aromatic nitrogens is 3. The number of rotatable bonds is 3. The first kappa shape index (κ1) is 12.9. The minimum absolute atomic E-state index is 0.0986. The molecule has 0 saturated carbocycles. The predicted molar refractivity (Wildman–Crippen MR) is 68.9 cm³/mol. The molecule has 3 heterocycles. The lowest BCUT2D eigenvalue weighted by Gasteiger charge is -2.33. The second kappa shape index (κ2) is 5.09. The third kappa shape index (κ3) is 2.00. The molecular formula is C13H16N4O3. The summed E-state index contributed by atoms with van der Waals surface area (Å²) in [6.07, 6.45) is 4.44. The van der Waals surface area contributed by atoms with Crippen LogP contribution in [0.1, 0.15) is 35.0 Å². The summed E-state index contributed by atoms with van der Waals surface area (Å²) in [4.78, 5) is 22.4. The average molecular weight is 276 g/mol. The lowest BCUT2D eigenvalue weighted by molar-refractivity contribution is 0.0626. The molecular weight excluding hydrogens is 260 g/mol. The van der Waals surface area contributed by atoms with Crippen molar-refractivity contribution in [3.63, 3.8) is 0 Å². The highest BCUT2D eigenvalue weighted by Gasteiger charge is 2.31. The maximum Gasteiger partial charge on any atom is 0.276 e. The minimum atomic E-state index is -0.131. The van der Waals surface area contributed by atoms with Crippen LogP contribution in [0.5, 0.6) is 0 Å². The molecule has 0 aliphatic carbocycles. The Bertz CT molecular complexity index is 605. The average Bonchev–Trinajstić information content (AvgIpc) is 3.09. The number of fused-ring (bicyclic) bond motifs is 1. The van der Waals surface area contributed by atoms with Gasteiger partial charge in [0.1, 0.15) is 12.1 Å². The highest BCUT2D eigenvalue weighted by Crippen LogP contribution is 2.26. The summed E-state index contributed by atoms with van der Waals surface area (Å²) in [6, 6.07) is -0.0986. The molecule has 2 aromatic heterocycles. The number of carbonyl (C=O) groups is 1. The summed E-state index contributed by atoms with van der Waals surface area (Å²) >= 11 is 0. The quantitative estimate of drug-likeness (QED) is 0.843. The first-order valence-corrected chi connectivity index (χ1v) is 6.44. The molecule has 0 aromatic carbocycles. The normalized spacial score (nSPS) is 18.1. The van der Waals surface area contributed by atoms with E-state index in [9.17, 15) is 4.79 Å². The van der Waals surface area contributed by atoms with Gasteiger partial charge >= 0.3 is 0 Å². The number of oxazole rings is 1. The number of ether oxygens (including phenoxy) is 1. The van der Waals surface area contributed by atoms with Gasteiger partial charge in [-0.3, -0.25) is 4.79 Å². The van der Waals surface area contributed by atoms with Crippen molar-refractivity contribution in [2.24, 2.45) is 0 Å². The fourth-order valence-corrected chi connectivity index (χ4v) is 2.57. The summed E-state index contributed by atoms with van der Waals surface area (Å²) < 4.78 is 12.1. The second-order valence-electron chi connectivity index (χ2n) is 4.74. The van der Waals surface area contributed by atoms with Gasteiger partial charge in [0.2, 0.25) is 0 Å². The predicted octanol–water partition coefficient (Wildman–Crippen LogP) is 1.23. The number of hydrogen-bond acceptors (Lipinski definition) is 5. The summed E-state index contributed by atoms with van der Waals surface area (Å²) in [6.45, 7) is 3.82. The number of imidazole rings is 1. The van der Waals surface area contributed by atoms with Crippen molar-refractivity contribution in [3.8, 4) is 0 Å². The van der Waals surface area contributed by atoms with Crippen LogP contribution in [0.4, 0.5) is 0 Å². The van der Waals surface area contributed by atoms with E-state index >= 15 is 0 Å². The molecule has 0 saturated heterocycles. The number of nitrogens with zero attached hydrogens (tertiary/aromatic N) is 4. The van der Waals surface area contributed by atoms with Crippen molar-refractivity contribution >= 4 is 5.91 Å². The smallest absolute Gasteiger partial charge is 0.276 e. The molecule has 0 radical (unpaired) electrons. The van der Waals surface area contributed by atoms with Crippen LogP contribution in [0.15, 0.2) is 23.3 Å². The van der Waals surface area contributed by atoms with Gasteiger partial charge < -0.3 is 18.6 Å². The van der Waals surface area contributed by atoms with Crippen LogP contribution in [0.2, 0.25) is 0 Å². The zero-order chi connectivity index (χ0) is 14.1. The van der Waals surface area contributed by atoms with Crippen LogP contribution in [-0.4, -0.2) is 39.0 Å². The van der Waals surface area contributed by atoms with Gasteiger partial charge in [0.05, 0.1) is 24.5 Å². The molecule has 7 nitrogen and oxygen atoms in total. The zero-order valence-corrected chi connectivity index (χ0v) is 11.4. The monoisotopic (exact) mass is 276 g/mol. The summed E-state index contributed by atoms with van der Waals surface area (Å²) in [5, 5.41) is 0. The lowest BCUT2D eigenvalue weighted by Crippen LogP contribution is -2.41. The number of amides is 1. The molecule has 1 aliphatic heterocycles. The van der Waals surface area contributed by atoms with E-state index < -0.39 is 0 Å². The molecule has 0 bridgehead atoms. The molecule has 20 heavy (non-hydrogen) atoms. The van der Waals surface area contributed by atoms with E-state index in [0.29, 0.717) is 25.4 Å². The van der Waals surface area contributed by atoms with Gasteiger partial charge in [-0.2, -0.15) is 0 Å². The molecule has 3 rings (SSSR count). The molecule has 2 aromatic rings. The Morgan fingerprint density at radius 2 is 2.35 bits per heavy atom. The molecule has 0 fully saturated rings. The fraction of sp³-hybridized carbons (Fsp3) is 0.462. The Balaban J connectivity index is 1.86. The van der Waals surface area contributed by atoms with Crippen molar-refractivity contribution in [2.75, 3.05) is 13.7 Å². The lowest BCUT2D eigenvalue weighted by atomic mass is 10.2. The number of carbonyl (C=O) groups excluding carboxylic acids is 1. The molecule has 7 heteroatoms. The van der Waals surface area contributed by atoms with E-state index in [1.165, 1.54) is 12.7 Å². The van der Waals surface area contributed by atoms with Crippen molar-refractivity contribution in [1.82, 2.24) is 19.4 Å². The van der Waals surface area contributed by atoms with Gasteiger partial charge in [0.15, 0.2) is 12.1 Å². The Kier molecular flexibility index (Phi) is 3.27. The van der Waals surface area contributed by atoms with Gasteiger partial charge in [-0.15, -0.1) is 0 Å². The van der Waals surface area contributed by atoms with Crippen LogP contribution in [-0.2, 0) is 17.9 Å². The van der Waals surface area contributed by atoms with Crippen LogP contribution < -0.4 is 0 Å². The summed E-state index contributed by atoms with van der Waals surface area (Å²) in [7, 11) is 1.66. The van der Waals surface area contributed by atoms with E-state index in [2.05, 4.69) is 14.5 Å². The summed E-state index contributed by atoms with van der Waals surface area (Å²) in [5.74, 6) is 0.744. The van der Waals surface area contributed by atoms with Gasteiger partial charge in [0.25, 0.3) is 5.91 Å². The topological polar surface area (TPSA) is 73.4 Å². The van der Waals surface area contributed by atoms with Crippen LogP contribution in [0.3, 0.4) is 0 Å². The Morgan fingerprint density at radius 1 is 1.50 bits per heavy atom. The highest BCUT2D eigenvalue weighted by molar-refractivity contribution is 5.92. The third-order valence-corrected chi connectivity index (χ3v) is 3.58. The Labute approximate surface area is 116 Å². The molecule has 0 N–H and O–H groups in total. The van der Waals surface area contributed by atoms with E-state index in [1.807, 2.05) is 6.92 Å². The fourth-order valence-electron chi connectivity index (χ4n) is 2.57. The maximum atomic E-state index is 12.4. The zero-order valence-electron chi connectivity index (χ0n) is 11.4. The molecule has 106 valence electrons. The van der Waals surface area contributed by atoms with E-state index in [1.54, 1.807) is 18.2 Å². The molecule has 1 atom stereocenters. The third-order valence-electron chi connectivity index (χ3n) is 3.58. The number of methoxy groups -OCH3 is 1. The first-order valence-electron chi connectivity index (χ1n) is 6.44. The Hall–Kier alpha value is -2.15. The first-order chi connectivity index (χ1) is 9.72. The van der Waals surface area contributed by atoms with E-state index in [0.717, 1.165) is 11.5 Å². The number of hydrogen-bond donors (Lipinski definition) is 0. The van der Waals surface area contributed by atoms with Crippen molar-refractivity contribution in [3.05, 3.63) is 36.1 Å². The second-order valence-corrected chi connectivity index (χ2v) is 4.74. The SMILES string of the molecule is COCc1cnc2n1CCN(C(=O)c1cocn1)C2C. The molecule has 1 aliphatic rings. The van der Waals surface area contributed by atoms with Crippen LogP contribution in [0.25, 0.3) is 0 Å². The van der Waals surface area contributed by atoms with Crippen LogP contribution in [0, 0.1) is 0 Å². The van der Waals surface area contributed by atoms with E-state index in [-0.39, 0.29) is 11.9 Å². The maximum absolute atomic E-state index is 12.4. The Morgan fingerprint density at radius 3 is 3.05 bits per heavy atom. The van der Waals surface area contributed by atoms with Gasteiger partial charge in [-0.1, -0.05) is 0 Å². The molecule has 1 amide bonds.